The average molecular weight is 371 g/mol. The number of fused-ring (bicyclic) bond motifs is 1. The van der Waals surface area contributed by atoms with Crippen molar-refractivity contribution in [1.29, 1.82) is 0 Å². The Bertz CT molecular complexity index is 883. The van der Waals surface area contributed by atoms with E-state index in [-0.39, 0.29) is 0 Å². The van der Waals surface area contributed by atoms with Crippen molar-refractivity contribution < 1.29 is 9.53 Å². The minimum Gasteiger partial charge on any atom is -0.462 e. The van der Waals surface area contributed by atoms with Gasteiger partial charge in [0, 0.05) is 33.3 Å². The molecule has 2 aromatic heterocycles. The third-order valence-electron chi connectivity index (χ3n) is 3.43. The number of ether oxygens (including phenoxy) is 1. The number of hydrogen-bond donors (Lipinski definition) is 1. The van der Waals surface area contributed by atoms with Crippen LogP contribution in [0, 0.1) is 0 Å². The predicted molar refractivity (Wildman–Crippen MR) is 94.7 cm³/mol. The molecule has 0 amide bonds. The number of benzene rings is 1. The summed E-state index contributed by atoms with van der Waals surface area (Å²) in [6.45, 7) is 2.10. The van der Waals surface area contributed by atoms with Crippen molar-refractivity contribution in [3.63, 3.8) is 0 Å². The lowest BCUT2D eigenvalue weighted by Crippen LogP contribution is -2.08. The Labute approximate surface area is 142 Å². The van der Waals surface area contributed by atoms with E-state index in [0.29, 0.717) is 17.9 Å². The van der Waals surface area contributed by atoms with Crippen molar-refractivity contribution >= 4 is 44.5 Å². The molecule has 2 heterocycles. The maximum atomic E-state index is 12.4. The maximum absolute atomic E-state index is 12.4. The second-order valence-corrected chi connectivity index (χ2v) is 5.76. The van der Waals surface area contributed by atoms with E-state index in [1.54, 1.807) is 13.1 Å². The van der Waals surface area contributed by atoms with Crippen LogP contribution in [0.5, 0.6) is 0 Å². The van der Waals surface area contributed by atoms with Gasteiger partial charge in [-0.3, -0.25) is 4.98 Å². The first-order valence-corrected chi connectivity index (χ1v) is 8.06. The van der Waals surface area contributed by atoms with Crippen molar-refractivity contribution in [2.75, 3.05) is 6.61 Å². The first kappa shape index (κ1) is 15.5. The third-order valence-corrected chi connectivity index (χ3v) is 4.07. The largest absolute Gasteiger partial charge is 0.462 e. The fourth-order valence-corrected chi connectivity index (χ4v) is 2.85. The zero-order valence-corrected chi connectivity index (χ0v) is 14.1. The summed E-state index contributed by atoms with van der Waals surface area (Å²) >= 11 is 3.45. The first-order valence-electron chi connectivity index (χ1n) is 7.26. The molecule has 5 heteroatoms. The number of halogens is 1. The molecular weight excluding hydrogens is 356 g/mol. The SMILES string of the molecule is CCOC(=O)/C(=C/c1c[nH]c2ccccc12)c1ncccc1Br. The number of rotatable bonds is 4. The van der Waals surface area contributed by atoms with Crippen molar-refractivity contribution in [1.82, 2.24) is 9.97 Å². The smallest absolute Gasteiger partial charge is 0.340 e. The van der Waals surface area contributed by atoms with E-state index in [2.05, 4.69) is 25.9 Å². The standard InChI is InChI=1S/C18H15BrN2O2/c1-2-23-18(22)14(17-15(19)7-5-9-20-17)10-12-11-21-16-8-4-3-6-13(12)16/h3-11,21H,2H2,1H3/b14-10+. The third kappa shape index (κ3) is 3.19. The van der Waals surface area contributed by atoms with Crippen LogP contribution in [0.4, 0.5) is 0 Å². The van der Waals surface area contributed by atoms with Gasteiger partial charge in [0.05, 0.1) is 17.9 Å². The number of aromatic amines is 1. The molecule has 1 N–H and O–H groups in total. The Hall–Kier alpha value is -2.40. The molecule has 3 aromatic rings. The number of carbonyl (C=O) groups excluding carboxylic acids is 1. The Morgan fingerprint density at radius 3 is 2.91 bits per heavy atom. The van der Waals surface area contributed by atoms with Gasteiger partial charge < -0.3 is 9.72 Å². The molecule has 1 aromatic carbocycles. The van der Waals surface area contributed by atoms with Crippen molar-refractivity contribution in [3.05, 3.63) is 64.5 Å². The van der Waals surface area contributed by atoms with E-state index in [1.807, 2.05) is 48.7 Å². The van der Waals surface area contributed by atoms with Crippen molar-refractivity contribution in [3.8, 4) is 0 Å². The van der Waals surface area contributed by atoms with Crippen LogP contribution in [0.2, 0.25) is 0 Å². The lowest BCUT2D eigenvalue weighted by Gasteiger charge is -2.08. The van der Waals surface area contributed by atoms with Gasteiger partial charge in [0.2, 0.25) is 0 Å². The molecule has 0 bridgehead atoms. The zero-order chi connectivity index (χ0) is 16.2. The molecule has 0 saturated heterocycles. The topological polar surface area (TPSA) is 55.0 Å². The summed E-state index contributed by atoms with van der Waals surface area (Å²) in [6.07, 6.45) is 5.34. The van der Waals surface area contributed by atoms with Crippen LogP contribution in [0.15, 0.2) is 53.3 Å². The van der Waals surface area contributed by atoms with E-state index in [4.69, 9.17) is 4.74 Å². The quantitative estimate of drug-likeness (QED) is 0.545. The molecule has 0 atom stereocenters. The van der Waals surface area contributed by atoms with E-state index in [1.165, 1.54) is 0 Å². The molecule has 0 aliphatic carbocycles. The van der Waals surface area contributed by atoms with Crippen LogP contribution in [-0.2, 0) is 9.53 Å². The van der Waals surface area contributed by atoms with Gasteiger partial charge >= 0.3 is 5.97 Å². The number of H-pyrrole nitrogens is 1. The van der Waals surface area contributed by atoms with Gasteiger partial charge in [-0.1, -0.05) is 18.2 Å². The van der Waals surface area contributed by atoms with Gasteiger partial charge in [0.25, 0.3) is 0 Å². The van der Waals surface area contributed by atoms with Crippen LogP contribution in [-0.4, -0.2) is 22.5 Å². The van der Waals surface area contributed by atoms with E-state index < -0.39 is 5.97 Å². The number of esters is 1. The predicted octanol–water partition coefficient (Wildman–Crippen LogP) is 4.43. The first-order chi connectivity index (χ1) is 11.2. The summed E-state index contributed by atoms with van der Waals surface area (Å²) in [5, 5.41) is 1.04. The minimum absolute atomic E-state index is 0.314. The Kier molecular flexibility index (Phi) is 4.57. The highest BCUT2D eigenvalue weighted by atomic mass is 79.9. The van der Waals surface area contributed by atoms with E-state index in [9.17, 15) is 4.79 Å². The molecule has 3 rings (SSSR count). The van der Waals surface area contributed by atoms with Gasteiger partial charge in [0.1, 0.15) is 0 Å². The number of nitrogens with zero attached hydrogens (tertiary/aromatic N) is 1. The highest BCUT2D eigenvalue weighted by Crippen LogP contribution is 2.27. The minimum atomic E-state index is -0.391. The van der Waals surface area contributed by atoms with E-state index >= 15 is 0 Å². The number of hydrogen-bond acceptors (Lipinski definition) is 3. The summed E-state index contributed by atoms with van der Waals surface area (Å²) in [6, 6.07) is 11.6. The van der Waals surface area contributed by atoms with Crippen LogP contribution in [0.25, 0.3) is 22.6 Å². The summed E-state index contributed by atoms with van der Waals surface area (Å²) in [7, 11) is 0. The van der Waals surface area contributed by atoms with Gasteiger partial charge in [-0.25, -0.2) is 4.79 Å². The molecular formula is C18H15BrN2O2. The Morgan fingerprint density at radius 2 is 2.13 bits per heavy atom. The molecule has 0 saturated carbocycles. The fraction of sp³-hybridized carbons (Fsp3) is 0.111. The molecule has 23 heavy (non-hydrogen) atoms. The Morgan fingerprint density at radius 1 is 1.30 bits per heavy atom. The lowest BCUT2D eigenvalue weighted by atomic mass is 10.1. The van der Waals surface area contributed by atoms with Crippen LogP contribution in [0.1, 0.15) is 18.2 Å². The zero-order valence-electron chi connectivity index (χ0n) is 12.5. The summed E-state index contributed by atoms with van der Waals surface area (Å²) in [4.78, 5) is 19.9. The van der Waals surface area contributed by atoms with Crippen LogP contribution < -0.4 is 0 Å². The van der Waals surface area contributed by atoms with Gasteiger partial charge in [0.15, 0.2) is 0 Å². The molecule has 0 unspecified atom stereocenters. The Balaban J connectivity index is 2.15. The highest BCUT2D eigenvalue weighted by Gasteiger charge is 2.18. The highest BCUT2D eigenvalue weighted by molar-refractivity contribution is 9.10. The maximum Gasteiger partial charge on any atom is 0.340 e. The molecule has 4 nitrogen and oxygen atoms in total. The van der Waals surface area contributed by atoms with Gasteiger partial charge in [-0.2, -0.15) is 0 Å². The van der Waals surface area contributed by atoms with Crippen LogP contribution >= 0.6 is 15.9 Å². The molecule has 0 aliphatic heterocycles. The molecule has 116 valence electrons. The molecule has 0 fully saturated rings. The monoisotopic (exact) mass is 370 g/mol. The van der Waals surface area contributed by atoms with Crippen molar-refractivity contribution in [2.24, 2.45) is 0 Å². The fourth-order valence-electron chi connectivity index (χ4n) is 2.39. The van der Waals surface area contributed by atoms with Crippen LogP contribution in [0.3, 0.4) is 0 Å². The number of carbonyl (C=O) groups is 1. The number of nitrogens with one attached hydrogen (secondary N) is 1. The molecule has 0 radical (unpaired) electrons. The second-order valence-electron chi connectivity index (χ2n) is 4.90. The second kappa shape index (κ2) is 6.79. The summed E-state index contributed by atoms with van der Waals surface area (Å²) in [5.74, 6) is -0.391. The van der Waals surface area contributed by atoms with E-state index in [0.717, 1.165) is 20.9 Å². The van der Waals surface area contributed by atoms with Gasteiger partial charge in [-0.15, -0.1) is 0 Å². The normalized spacial score (nSPS) is 11.7. The van der Waals surface area contributed by atoms with Crippen molar-refractivity contribution in [2.45, 2.75) is 6.92 Å². The average Bonchev–Trinajstić information content (AvgIpc) is 2.97. The molecule has 0 aliphatic rings. The summed E-state index contributed by atoms with van der Waals surface area (Å²) in [5.41, 5.74) is 2.92. The number of pyridine rings is 1. The summed E-state index contributed by atoms with van der Waals surface area (Å²) < 4.78 is 5.95. The van der Waals surface area contributed by atoms with Gasteiger partial charge in [-0.05, 0) is 47.1 Å². The number of para-hydroxylation sites is 1. The number of aromatic nitrogens is 2. The lowest BCUT2D eigenvalue weighted by molar-refractivity contribution is -0.136. The molecule has 0 spiro atoms.